The molecule has 0 radical (unpaired) electrons. The van der Waals surface area contributed by atoms with Gasteiger partial charge in [0.05, 0.1) is 11.6 Å². The Bertz CT molecular complexity index is 1010. The van der Waals surface area contributed by atoms with Crippen LogP contribution >= 0.6 is 0 Å². The van der Waals surface area contributed by atoms with Crippen molar-refractivity contribution in [2.75, 3.05) is 10.6 Å². The van der Waals surface area contributed by atoms with Crippen molar-refractivity contribution in [2.45, 2.75) is 20.8 Å². The minimum Gasteiger partial charge on any atom is -0.340 e. The number of nitriles is 1. The second-order valence-corrected chi connectivity index (χ2v) is 6.47. The van der Waals surface area contributed by atoms with Gasteiger partial charge in [-0.05, 0) is 68.3 Å². The predicted octanol–water partition coefficient (Wildman–Crippen LogP) is 4.87. The third-order valence-electron chi connectivity index (χ3n) is 4.22. The summed E-state index contributed by atoms with van der Waals surface area (Å²) in [5.74, 6) is 0.375. The van der Waals surface area contributed by atoms with Crippen molar-refractivity contribution in [1.29, 1.82) is 5.26 Å². The average molecular weight is 356 g/mol. The van der Waals surface area contributed by atoms with E-state index in [1.54, 1.807) is 42.6 Å². The van der Waals surface area contributed by atoms with Crippen LogP contribution in [0.15, 0.2) is 54.7 Å². The monoisotopic (exact) mass is 356 g/mol. The van der Waals surface area contributed by atoms with Crippen LogP contribution in [0.3, 0.4) is 0 Å². The number of pyridine rings is 1. The number of amides is 1. The quantitative estimate of drug-likeness (QED) is 0.699. The Kier molecular flexibility index (Phi) is 5.18. The fourth-order valence-electron chi connectivity index (χ4n) is 2.98. The molecule has 0 aliphatic carbocycles. The second kappa shape index (κ2) is 7.71. The summed E-state index contributed by atoms with van der Waals surface area (Å²) in [6, 6.07) is 16.4. The molecule has 0 aliphatic rings. The fourth-order valence-corrected chi connectivity index (χ4v) is 2.98. The van der Waals surface area contributed by atoms with Crippen molar-refractivity contribution in [3.8, 4) is 6.07 Å². The SMILES string of the molecule is Cc1cc(C)c(Nc2cc(C(=O)Nc3ccc(C#N)cc3)ccn2)c(C)c1. The van der Waals surface area contributed by atoms with E-state index < -0.39 is 0 Å². The van der Waals surface area contributed by atoms with Crippen molar-refractivity contribution >= 4 is 23.1 Å². The second-order valence-electron chi connectivity index (χ2n) is 6.47. The lowest BCUT2D eigenvalue weighted by Crippen LogP contribution is -2.12. The van der Waals surface area contributed by atoms with Crippen LogP contribution in [0.2, 0.25) is 0 Å². The van der Waals surface area contributed by atoms with Gasteiger partial charge in [-0.15, -0.1) is 0 Å². The number of aromatic nitrogens is 1. The molecule has 2 N–H and O–H groups in total. The first-order valence-corrected chi connectivity index (χ1v) is 8.58. The Morgan fingerprint density at radius 2 is 1.67 bits per heavy atom. The molecule has 5 nitrogen and oxygen atoms in total. The zero-order valence-electron chi connectivity index (χ0n) is 15.5. The number of nitrogens with zero attached hydrogens (tertiary/aromatic N) is 2. The highest BCUT2D eigenvalue weighted by atomic mass is 16.1. The van der Waals surface area contributed by atoms with Crippen molar-refractivity contribution in [3.63, 3.8) is 0 Å². The highest BCUT2D eigenvalue weighted by molar-refractivity contribution is 6.04. The Balaban J connectivity index is 1.79. The zero-order chi connectivity index (χ0) is 19.4. The Morgan fingerprint density at radius 1 is 1.00 bits per heavy atom. The van der Waals surface area contributed by atoms with Crippen LogP contribution in [-0.2, 0) is 0 Å². The Morgan fingerprint density at radius 3 is 2.30 bits per heavy atom. The summed E-state index contributed by atoms with van der Waals surface area (Å²) in [5, 5.41) is 15.0. The van der Waals surface area contributed by atoms with Crippen molar-refractivity contribution < 1.29 is 4.79 Å². The minimum atomic E-state index is -0.234. The molecule has 3 aromatic rings. The van der Waals surface area contributed by atoms with E-state index in [9.17, 15) is 4.79 Å². The average Bonchev–Trinajstić information content (AvgIpc) is 2.65. The molecule has 134 valence electrons. The normalized spacial score (nSPS) is 10.1. The molecule has 0 bridgehead atoms. The molecule has 1 aromatic heterocycles. The lowest BCUT2D eigenvalue weighted by Gasteiger charge is -2.14. The summed E-state index contributed by atoms with van der Waals surface area (Å²) in [7, 11) is 0. The van der Waals surface area contributed by atoms with Gasteiger partial charge in [0.25, 0.3) is 5.91 Å². The summed E-state index contributed by atoms with van der Waals surface area (Å²) in [6.07, 6.45) is 1.61. The molecule has 0 aliphatic heterocycles. The van der Waals surface area contributed by atoms with Gasteiger partial charge >= 0.3 is 0 Å². The molecular formula is C22H20N4O. The maximum Gasteiger partial charge on any atom is 0.255 e. The molecule has 0 spiro atoms. The molecule has 3 rings (SSSR count). The standard InChI is InChI=1S/C22H20N4O/c1-14-10-15(2)21(16(3)11-14)26-20-12-18(8-9-24-20)22(27)25-19-6-4-17(13-23)5-7-19/h4-12H,1-3H3,(H,24,26)(H,25,27). The highest BCUT2D eigenvalue weighted by Crippen LogP contribution is 2.25. The third-order valence-corrected chi connectivity index (χ3v) is 4.22. The lowest BCUT2D eigenvalue weighted by molar-refractivity contribution is 0.102. The van der Waals surface area contributed by atoms with Gasteiger partial charge in [0.1, 0.15) is 5.82 Å². The van der Waals surface area contributed by atoms with Gasteiger partial charge in [-0.25, -0.2) is 4.98 Å². The van der Waals surface area contributed by atoms with E-state index in [-0.39, 0.29) is 5.91 Å². The van der Waals surface area contributed by atoms with Crippen LogP contribution in [-0.4, -0.2) is 10.9 Å². The van der Waals surface area contributed by atoms with Crippen LogP contribution in [0.5, 0.6) is 0 Å². The maximum absolute atomic E-state index is 12.5. The number of benzene rings is 2. The van der Waals surface area contributed by atoms with E-state index in [4.69, 9.17) is 5.26 Å². The van der Waals surface area contributed by atoms with Crippen molar-refractivity contribution in [2.24, 2.45) is 0 Å². The molecule has 1 heterocycles. The topological polar surface area (TPSA) is 77.8 Å². The van der Waals surface area contributed by atoms with Gasteiger partial charge in [0.2, 0.25) is 0 Å². The number of nitrogens with one attached hydrogen (secondary N) is 2. The number of aryl methyl sites for hydroxylation is 3. The van der Waals surface area contributed by atoms with Crippen molar-refractivity contribution in [1.82, 2.24) is 4.98 Å². The molecule has 0 saturated carbocycles. The summed E-state index contributed by atoms with van der Waals surface area (Å²) in [4.78, 5) is 16.8. The Hall–Kier alpha value is -3.65. The molecule has 1 amide bonds. The molecule has 0 fully saturated rings. The van der Waals surface area contributed by atoms with Crippen LogP contribution < -0.4 is 10.6 Å². The zero-order valence-corrected chi connectivity index (χ0v) is 15.5. The largest absolute Gasteiger partial charge is 0.340 e. The van der Waals surface area contributed by atoms with Gasteiger partial charge in [0.15, 0.2) is 0 Å². The Labute approximate surface area is 158 Å². The number of hydrogen-bond donors (Lipinski definition) is 2. The smallest absolute Gasteiger partial charge is 0.255 e. The van der Waals surface area contributed by atoms with E-state index in [0.29, 0.717) is 22.6 Å². The summed E-state index contributed by atoms with van der Waals surface area (Å²) < 4.78 is 0. The molecule has 5 heteroatoms. The van der Waals surface area contributed by atoms with Crippen LogP contribution in [0, 0.1) is 32.1 Å². The van der Waals surface area contributed by atoms with E-state index >= 15 is 0 Å². The number of hydrogen-bond acceptors (Lipinski definition) is 4. The first-order valence-electron chi connectivity index (χ1n) is 8.58. The minimum absolute atomic E-state index is 0.234. The fraction of sp³-hybridized carbons (Fsp3) is 0.136. The van der Waals surface area contributed by atoms with Gasteiger partial charge in [-0.2, -0.15) is 5.26 Å². The van der Waals surface area contributed by atoms with E-state index in [2.05, 4.69) is 40.7 Å². The van der Waals surface area contributed by atoms with E-state index in [1.807, 2.05) is 13.8 Å². The van der Waals surface area contributed by atoms with E-state index in [0.717, 1.165) is 16.8 Å². The molecule has 0 unspecified atom stereocenters. The van der Waals surface area contributed by atoms with Gasteiger partial charge in [-0.1, -0.05) is 17.7 Å². The van der Waals surface area contributed by atoms with Gasteiger partial charge < -0.3 is 10.6 Å². The van der Waals surface area contributed by atoms with Crippen molar-refractivity contribution in [3.05, 3.63) is 82.5 Å². The first-order chi connectivity index (χ1) is 13.0. The first kappa shape index (κ1) is 18.2. The van der Waals surface area contributed by atoms with E-state index in [1.165, 1.54) is 5.56 Å². The summed E-state index contributed by atoms with van der Waals surface area (Å²) in [6.45, 7) is 6.16. The number of carbonyl (C=O) groups is 1. The highest BCUT2D eigenvalue weighted by Gasteiger charge is 2.10. The number of carbonyl (C=O) groups excluding carboxylic acids is 1. The molecule has 2 aromatic carbocycles. The summed E-state index contributed by atoms with van der Waals surface area (Å²) in [5.41, 5.74) is 6.14. The molecule has 0 atom stereocenters. The number of rotatable bonds is 4. The van der Waals surface area contributed by atoms with Crippen LogP contribution in [0.25, 0.3) is 0 Å². The van der Waals surface area contributed by atoms with Gasteiger partial charge in [-0.3, -0.25) is 4.79 Å². The number of anilines is 3. The van der Waals surface area contributed by atoms with Gasteiger partial charge in [0, 0.05) is 23.1 Å². The third kappa shape index (κ3) is 4.31. The lowest BCUT2D eigenvalue weighted by atomic mass is 10.1. The summed E-state index contributed by atoms with van der Waals surface area (Å²) >= 11 is 0. The molecular weight excluding hydrogens is 336 g/mol. The maximum atomic E-state index is 12.5. The predicted molar refractivity (Wildman–Crippen MR) is 107 cm³/mol. The molecule has 27 heavy (non-hydrogen) atoms. The van der Waals surface area contributed by atoms with Crippen LogP contribution in [0.1, 0.15) is 32.6 Å². The molecule has 0 saturated heterocycles. The van der Waals surface area contributed by atoms with Crippen LogP contribution in [0.4, 0.5) is 17.2 Å².